The third kappa shape index (κ3) is 60.5. The number of carbonyl (C=O) groups excluding carboxylic acids is 1. The molecule has 9 heteroatoms. The van der Waals surface area contributed by atoms with Crippen LogP contribution in [0.2, 0.25) is 0 Å². The summed E-state index contributed by atoms with van der Waals surface area (Å²) in [4.78, 5) is 25.4. The van der Waals surface area contributed by atoms with Gasteiger partial charge in [0.05, 0.1) is 39.9 Å². The van der Waals surface area contributed by atoms with E-state index in [4.69, 9.17) is 9.05 Å². The second-order valence-electron chi connectivity index (χ2n) is 24.2. The SMILES string of the molecule is CCCCCCCC/C=C/CC/C=C/C(O)C(COP(=O)([O-])OCC[N+](C)(C)C)NC(=O)CCCCCCCCCCCCCCCCCCCCCCCCCCCCCCCCCCCCCCCCCCC. The normalized spacial score (nSPS) is 13.9. The summed E-state index contributed by atoms with van der Waals surface area (Å²) in [7, 11) is 1.26. The number of nitrogens with zero attached hydrogens (tertiary/aromatic N) is 1. The predicted molar refractivity (Wildman–Crippen MR) is 325 cm³/mol. The fourth-order valence-corrected chi connectivity index (χ4v) is 11.0. The van der Waals surface area contributed by atoms with Crippen molar-refractivity contribution in [3.05, 3.63) is 24.3 Å². The Hall–Kier alpha value is -1.02. The molecule has 0 saturated carbocycles. The van der Waals surface area contributed by atoms with E-state index in [1.807, 2.05) is 27.2 Å². The standard InChI is InChI=1S/C66H131N2O6P/c1-6-8-10-12-14-16-18-20-21-22-23-24-25-26-27-28-29-30-31-32-33-34-35-36-37-38-39-40-41-42-43-44-45-46-47-48-50-52-54-56-58-60-66(70)67-64(63-74-75(71,72)73-62-61-68(3,4)5)65(69)59-57-55-53-51-49-19-17-15-13-11-9-7-2/h49,51,57,59,64-65,69H,6-48,50,52-56,58,60-63H2,1-5H3,(H-,67,70,71,72)/b51-49+,59-57+. The van der Waals surface area contributed by atoms with Gasteiger partial charge in [-0.05, 0) is 32.1 Å². The zero-order chi connectivity index (χ0) is 54.9. The van der Waals surface area contributed by atoms with Crippen LogP contribution in [0.5, 0.6) is 0 Å². The highest BCUT2D eigenvalue weighted by Crippen LogP contribution is 2.38. The van der Waals surface area contributed by atoms with E-state index < -0.39 is 20.0 Å². The number of hydrogen-bond donors (Lipinski definition) is 2. The van der Waals surface area contributed by atoms with Crippen LogP contribution >= 0.6 is 7.82 Å². The van der Waals surface area contributed by atoms with Crippen molar-refractivity contribution in [2.45, 2.75) is 353 Å². The molecule has 0 aliphatic carbocycles. The molecule has 0 bridgehead atoms. The Morgan fingerprint density at radius 2 is 0.747 bits per heavy atom. The average Bonchev–Trinajstić information content (AvgIpc) is 3.37. The second kappa shape index (κ2) is 57.7. The summed E-state index contributed by atoms with van der Waals surface area (Å²) >= 11 is 0. The van der Waals surface area contributed by atoms with Gasteiger partial charge in [-0.2, -0.15) is 0 Å². The van der Waals surface area contributed by atoms with Crippen LogP contribution in [0.15, 0.2) is 24.3 Å². The Kier molecular flexibility index (Phi) is 56.9. The van der Waals surface area contributed by atoms with Crippen molar-refractivity contribution < 1.29 is 32.9 Å². The Morgan fingerprint density at radius 1 is 0.453 bits per heavy atom. The summed E-state index contributed by atoms with van der Waals surface area (Å²) in [5.41, 5.74) is 0. The molecule has 0 aromatic rings. The number of carbonyl (C=O) groups is 1. The lowest BCUT2D eigenvalue weighted by molar-refractivity contribution is -0.870. The minimum Gasteiger partial charge on any atom is -0.756 e. The van der Waals surface area contributed by atoms with Crippen molar-refractivity contribution in [2.24, 2.45) is 0 Å². The van der Waals surface area contributed by atoms with Crippen molar-refractivity contribution in [3.63, 3.8) is 0 Å². The van der Waals surface area contributed by atoms with Gasteiger partial charge in [0.15, 0.2) is 0 Å². The molecular weight excluding hydrogens is 948 g/mol. The number of aliphatic hydroxyl groups excluding tert-OH is 1. The molecule has 0 saturated heterocycles. The van der Waals surface area contributed by atoms with Gasteiger partial charge in [-0.25, -0.2) is 0 Å². The molecule has 3 unspecified atom stereocenters. The summed E-state index contributed by atoms with van der Waals surface area (Å²) in [5, 5.41) is 13.8. The number of nitrogens with one attached hydrogen (secondary N) is 1. The highest BCUT2D eigenvalue weighted by Gasteiger charge is 2.23. The molecule has 1 amide bonds. The fourth-order valence-electron chi connectivity index (χ4n) is 10.2. The van der Waals surface area contributed by atoms with E-state index in [9.17, 15) is 19.4 Å². The first-order valence-corrected chi connectivity index (χ1v) is 34.7. The summed E-state index contributed by atoms with van der Waals surface area (Å²) in [6.45, 7) is 4.65. The molecule has 3 atom stereocenters. The van der Waals surface area contributed by atoms with E-state index in [1.54, 1.807) is 6.08 Å². The molecule has 0 heterocycles. The number of aliphatic hydroxyl groups is 1. The number of unbranched alkanes of at least 4 members (excludes halogenated alkanes) is 47. The number of phosphoric acid groups is 1. The number of quaternary nitrogens is 1. The Bertz CT molecular complexity index is 1270. The fraction of sp³-hybridized carbons (Fsp3) is 0.924. The first-order chi connectivity index (χ1) is 36.5. The maximum absolute atomic E-state index is 12.9. The lowest BCUT2D eigenvalue weighted by Crippen LogP contribution is -2.45. The maximum atomic E-state index is 12.9. The Labute approximate surface area is 468 Å². The molecule has 0 rings (SSSR count). The number of hydrogen-bond acceptors (Lipinski definition) is 6. The van der Waals surface area contributed by atoms with Crippen LogP contribution in [0.3, 0.4) is 0 Å². The summed E-state index contributed by atoms with van der Waals surface area (Å²) in [5.74, 6) is -0.202. The van der Waals surface area contributed by atoms with Gasteiger partial charge in [0, 0.05) is 6.42 Å². The average molecular weight is 1080 g/mol. The molecule has 446 valence electrons. The molecule has 0 fully saturated rings. The van der Waals surface area contributed by atoms with Crippen molar-refractivity contribution in [2.75, 3.05) is 40.9 Å². The van der Waals surface area contributed by atoms with Gasteiger partial charge in [-0.1, -0.05) is 327 Å². The van der Waals surface area contributed by atoms with Crippen LogP contribution < -0.4 is 10.2 Å². The topological polar surface area (TPSA) is 108 Å². The van der Waals surface area contributed by atoms with Gasteiger partial charge in [-0.15, -0.1) is 0 Å². The monoisotopic (exact) mass is 1080 g/mol. The molecule has 0 spiro atoms. The van der Waals surface area contributed by atoms with E-state index in [-0.39, 0.29) is 19.1 Å². The highest BCUT2D eigenvalue weighted by molar-refractivity contribution is 7.45. The Balaban J connectivity index is 3.78. The largest absolute Gasteiger partial charge is 0.756 e. The number of phosphoric ester groups is 1. The molecule has 8 nitrogen and oxygen atoms in total. The number of likely N-dealkylation sites (N-methyl/N-ethyl adjacent to an activating group) is 1. The second-order valence-corrected chi connectivity index (χ2v) is 25.6. The van der Waals surface area contributed by atoms with Gasteiger partial charge < -0.3 is 28.8 Å². The number of allylic oxidation sites excluding steroid dienone is 3. The Morgan fingerprint density at radius 3 is 1.08 bits per heavy atom. The molecule has 0 radical (unpaired) electrons. The van der Waals surface area contributed by atoms with Crippen LogP contribution in [0, 0.1) is 0 Å². The van der Waals surface area contributed by atoms with Gasteiger partial charge in [-0.3, -0.25) is 9.36 Å². The zero-order valence-corrected chi connectivity index (χ0v) is 51.9. The van der Waals surface area contributed by atoms with Crippen LogP contribution in [0.25, 0.3) is 0 Å². The van der Waals surface area contributed by atoms with E-state index in [0.717, 1.165) is 38.5 Å². The first kappa shape index (κ1) is 74.0. The van der Waals surface area contributed by atoms with E-state index in [2.05, 4.69) is 31.3 Å². The summed E-state index contributed by atoms with van der Waals surface area (Å²) in [6.07, 6.45) is 74.8. The van der Waals surface area contributed by atoms with Crippen LogP contribution in [0.1, 0.15) is 341 Å². The van der Waals surface area contributed by atoms with Crippen LogP contribution in [-0.2, 0) is 18.4 Å². The maximum Gasteiger partial charge on any atom is 0.268 e. The molecule has 2 N–H and O–H groups in total. The van der Waals surface area contributed by atoms with Crippen LogP contribution in [0.4, 0.5) is 0 Å². The van der Waals surface area contributed by atoms with Gasteiger partial charge in [0.1, 0.15) is 13.2 Å². The van der Waals surface area contributed by atoms with Crippen molar-refractivity contribution in [1.82, 2.24) is 5.32 Å². The third-order valence-electron chi connectivity index (χ3n) is 15.4. The van der Waals surface area contributed by atoms with Crippen molar-refractivity contribution in [1.29, 1.82) is 0 Å². The van der Waals surface area contributed by atoms with E-state index >= 15 is 0 Å². The van der Waals surface area contributed by atoms with Crippen molar-refractivity contribution in [3.8, 4) is 0 Å². The molecule has 0 aliphatic heterocycles. The number of amides is 1. The zero-order valence-electron chi connectivity index (χ0n) is 51.0. The number of rotatable bonds is 62. The minimum absolute atomic E-state index is 0.00403. The third-order valence-corrected chi connectivity index (χ3v) is 16.4. The summed E-state index contributed by atoms with van der Waals surface area (Å²) < 4.78 is 23.3. The van der Waals surface area contributed by atoms with Gasteiger partial charge in [0.25, 0.3) is 7.82 Å². The molecule has 0 aromatic heterocycles. The lowest BCUT2D eigenvalue weighted by Gasteiger charge is -2.29. The van der Waals surface area contributed by atoms with Crippen LogP contribution in [-0.4, -0.2) is 68.5 Å². The molecule has 0 aromatic carbocycles. The highest BCUT2D eigenvalue weighted by atomic mass is 31.2. The predicted octanol–water partition coefficient (Wildman–Crippen LogP) is 20.1. The lowest BCUT2D eigenvalue weighted by atomic mass is 10.0. The van der Waals surface area contributed by atoms with E-state index in [1.165, 1.54) is 283 Å². The van der Waals surface area contributed by atoms with E-state index in [0.29, 0.717) is 17.4 Å². The smallest absolute Gasteiger partial charge is 0.268 e. The van der Waals surface area contributed by atoms with Gasteiger partial charge >= 0.3 is 0 Å². The minimum atomic E-state index is -4.60. The summed E-state index contributed by atoms with van der Waals surface area (Å²) in [6, 6.07) is -0.899. The van der Waals surface area contributed by atoms with Gasteiger partial charge in [0.2, 0.25) is 5.91 Å². The molecule has 75 heavy (non-hydrogen) atoms. The first-order valence-electron chi connectivity index (χ1n) is 33.2. The quantitative estimate of drug-likeness (QED) is 0.0272. The van der Waals surface area contributed by atoms with Crippen molar-refractivity contribution >= 4 is 13.7 Å². The molecule has 0 aliphatic rings. The molecular formula is C66H131N2O6P.